The summed E-state index contributed by atoms with van der Waals surface area (Å²) in [7, 11) is 5.79. The van der Waals surface area contributed by atoms with Crippen molar-refractivity contribution >= 4 is 28.3 Å². The summed E-state index contributed by atoms with van der Waals surface area (Å²) >= 11 is 0. The summed E-state index contributed by atoms with van der Waals surface area (Å²) in [4.78, 5) is 15.2. The number of fused-ring (bicyclic) bond motifs is 1. The molecule has 2 aromatic heterocycles. The second kappa shape index (κ2) is 5.89. The lowest BCUT2D eigenvalue weighted by Crippen LogP contribution is -2.08. The van der Waals surface area contributed by atoms with Crippen molar-refractivity contribution in [2.45, 2.75) is 0 Å². The number of aromatic nitrogens is 3. The highest BCUT2D eigenvalue weighted by Gasteiger charge is 2.14. The second-order valence-corrected chi connectivity index (χ2v) is 5.32. The minimum atomic E-state index is 0.267. The van der Waals surface area contributed by atoms with Crippen LogP contribution in [0.5, 0.6) is 0 Å². The normalized spacial score (nSPS) is 11.5. The fourth-order valence-electron chi connectivity index (χ4n) is 2.31. The highest BCUT2D eigenvalue weighted by Crippen LogP contribution is 2.20. The van der Waals surface area contributed by atoms with Crippen molar-refractivity contribution in [2.75, 3.05) is 19.0 Å². The molecule has 23 heavy (non-hydrogen) atoms. The van der Waals surface area contributed by atoms with Gasteiger partial charge in [0.15, 0.2) is 17.2 Å². The predicted molar refractivity (Wildman–Crippen MR) is 91.1 cm³/mol. The molecule has 0 aliphatic rings. The van der Waals surface area contributed by atoms with E-state index in [1.807, 2.05) is 62.4 Å². The molecule has 0 aliphatic carbocycles. The van der Waals surface area contributed by atoms with Crippen LogP contribution in [0.3, 0.4) is 0 Å². The number of pyridine rings is 1. The Labute approximate surface area is 134 Å². The molecule has 1 aromatic carbocycles. The molecule has 6 heteroatoms. The molecule has 0 aliphatic heterocycles. The lowest BCUT2D eigenvalue weighted by Gasteiger charge is -2.11. The van der Waals surface area contributed by atoms with Crippen molar-refractivity contribution in [3.8, 4) is 6.07 Å². The van der Waals surface area contributed by atoms with E-state index in [1.54, 1.807) is 10.8 Å². The van der Waals surface area contributed by atoms with Crippen molar-refractivity contribution in [2.24, 2.45) is 12.0 Å². The van der Waals surface area contributed by atoms with Gasteiger partial charge in [-0.15, -0.1) is 0 Å². The number of aliphatic imine (C=N–C) groups is 1. The Balaban J connectivity index is 2.04. The third-order valence-electron chi connectivity index (χ3n) is 3.55. The fraction of sp³-hybridized carbons (Fsp3) is 0.176. The number of benzene rings is 1. The quantitative estimate of drug-likeness (QED) is 0.698. The lowest BCUT2D eigenvalue weighted by molar-refractivity contribution is 0.915. The molecule has 0 bridgehead atoms. The summed E-state index contributed by atoms with van der Waals surface area (Å²) in [6, 6.07) is 13.5. The molecule has 0 fully saturated rings. The summed E-state index contributed by atoms with van der Waals surface area (Å²) in [5.74, 6) is 0.512. The van der Waals surface area contributed by atoms with Crippen LogP contribution in [0.4, 0.5) is 11.4 Å². The molecule has 0 atom stereocenters. The molecule has 0 saturated heterocycles. The molecule has 3 rings (SSSR count). The van der Waals surface area contributed by atoms with Gasteiger partial charge in [-0.3, -0.25) is 0 Å². The number of anilines is 1. The Kier molecular flexibility index (Phi) is 3.77. The highest BCUT2D eigenvalue weighted by molar-refractivity contribution is 6.11. The first kappa shape index (κ1) is 14.7. The van der Waals surface area contributed by atoms with E-state index < -0.39 is 0 Å². The van der Waals surface area contributed by atoms with Crippen LogP contribution < -0.4 is 4.90 Å². The second-order valence-electron chi connectivity index (χ2n) is 5.32. The van der Waals surface area contributed by atoms with Gasteiger partial charge in [0.1, 0.15) is 11.6 Å². The van der Waals surface area contributed by atoms with E-state index in [4.69, 9.17) is 0 Å². The van der Waals surface area contributed by atoms with Gasteiger partial charge in [-0.1, -0.05) is 0 Å². The first-order valence-corrected chi connectivity index (χ1v) is 7.14. The molecule has 3 aromatic rings. The maximum absolute atomic E-state index is 9.47. The SMILES string of the molecule is CN(C)c1ccc(N=C(C#N)c2nc3cccnc3n2C)cc1. The number of rotatable bonds is 3. The van der Waals surface area contributed by atoms with E-state index >= 15 is 0 Å². The van der Waals surface area contributed by atoms with Gasteiger partial charge in [-0.2, -0.15) is 5.26 Å². The van der Waals surface area contributed by atoms with Crippen molar-refractivity contribution < 1.29 is 0 Å². The third-order valence-corrected chi connectivity index (χ3v) is 3.55. The van der Waals surface area contributed by atoms with Gasteiger partial charge in [0.2, 0.25) is 0 Å². The van der Waals surface area contributed by atoms with E-state index in [-0.39, 0.29) is 5.71 Å². The van der Waals surface area contributed by atoms with Crippen molar-refractivity contribution in [3.63, 3.8) is 0 Å². The number of nitriles is 1. The maximum Gasteiger partial charge on any atom is 0.184 e. The summed E-state index contributed by atoms with van der Waals surface area (Å²) in [5.41, 5.74) is 3.54. The molecule has 0 radical (unpaired) electrons. The molecule has 6 nitrogen and oxygen atoms in total. The molecule has 0 unspecified atom stereocenters. The van der Waals surface area contributed by atoms with Crippen LogP contribution in [0.15, 0.2) is 47.6 Å². The van der Waals surface area contributed by atoms with Gasteiger partial charge in [0.25, 0.3) is 0 Å². The number of imidazole rings is 1. The molecular weight excluding hydrogens is 288 g/mol. The first-order chi connectivity index (χ1) is 11.1. The van der Waals surface area contributed by atoms with E-state index in [1.165, 1.54) is 0 Å². The van der Waals surface area contributed by atoms with Crippen LogP contribution in [0.2, 0.25) is 0 Å². The minimum absolute atomic E-state index is 0.267. The van der Waals surface area contributed by atoms with Crippen molar-refractivity contribution in [1.29, 1.82) is 5.26 Å². The number of hydrogen-bond donors (Lipinski definition) is 0. The van der Waals surface area contributed by atoms with Gasteiger partial charge in [0, 0.05) is 33.0 Å². The zero-order chi connectivity index (χ0) is 16.4. The minimum Gasteiger partial charge on any atom is -0.378 e. The zero-order valence-corrected chi connectivity index (χ0v) is 13.2. The smallest absolute Gasteiger partial charge is 0.184 e. The number of hydrogen-bond acceptors (Lipinski definition) is 5. The molecule has 0 amide bonds. The van der Waals surface area contributed by atoms with Gasteiger partial charge < -0.3 is 9.47 Å². The zero-order valence-electron chi connectivity index (χ0n) is 13.2. The van der Waals surface area contributed by atoms with Gasteiger partial charge in [0.05, 0.1) is 5.69 Å². The predicted octanol–water partition coefficient (Wildman–Crippen LogP) is 2.68. The van der Waals surface area contributed by atoms with Crippen molar-refractivity contribution in [3.05, 3.63) is 48.4 Å². The summed E-state index contributed by atoms with van der Waals surface area (Å²) in [6.07, 6.45) is 1.71. The highest BCUT2D eigenvalue weighted by atomic mass is 15.1. The molecular formula is C17H16N6. The Morgan fingerprint density at radius 2 is 1.96 bits per heavy atom. The first-order valence-electron chi connectivity index (χ1n) is 7.14. The molecule has 0 N–H and O–H groups in total. The fourth-order valence-corrected chi connectivity index (χ4v) is 2.31. The summed E-state index contributed by atoms with van der Waals surface area (Å²) < 4.78 is 1.78. The molecule has 0 spiro atoms. The van der Waals surface area contributed by atoms with E-state index in [0.717, 1.165) is 16.9 Å². The van der Waals surface area contributed by atoms with Crippen LogP contribution in [0.25, 0.3) is 11.2 Å². The lowest BCUT2D eigenvalue weighted by atomic mass is 10.2. The van der Waals surface area contributed by atoms with Crippen LogP contribution in [0.1, 0.15) is 5.82 Å². The molecule has 0 saturated carbocycles. The van der Waals surface area contributed by atoms with Crippen LogP contribution in [-0.2, 0) is 7.05 Å². The van der Waals surface area contributed by atoms with Gasteiger partial charge in [-0.25, -0.2) is 15.0 Å². The average Bonchev–Trinajstić information content (AvgIpc) is 2.90. The van der Waals surface area contributed by atoms with Crippen LogP contribution in [0, 0.1) is 11.3 Å². The van der Waals surface area contributed by atoms with Crippen LogP contribution >= 0.6 is 0 Å². The molecule has 114 valence electrons. The topological polar surface area (TPSA) is 70.1 Å². The Morgan fingerprint density at radius 1 is 1.22 bits per heavy atom. The van der Waals surface area contributed by atoms with Gasteiger partial charge >= 0.3 is 0 Å². The van der Waals surface area contributed by atoms with E-state index in [9.17, 15) is 5.26 Å². The van der Waals surface area contributed by atoms with E-state index in [2.05, 4.69) is 21.0 Å². The third kappa shape index (κ3) is 2.77. The Bertz CT molecular complexity index is 912. The Morgan fingerprint density at radius 3 is 2.57 bits per heavy atom. The van der Waals surface area contributed by atoms with Crippen molar-refractivity contribution in [1.82, 2.24) is 14.5 Å². The average molecular weight is 304 g/mol. The van der Waals surface area contributed by atoms with E-state index in [0.29, 0.717) is 11.5 Å². The summed E-state index contributed by atoms with van der Waals surface area (Å²) in [6.45, 7) is 0. The monoisotopic (exact) mass is 304 g/mol. The largest absolute Gasteiger partial charge is 0.378 e. The standard InChI is InChI=1S/C17H16N6/c1-22(2)13-8-6-12(7-9-13)20-15(11-18)17-21-14-5-4-10-19-16(14)23(17)3/h4-10H,1-3H3. The van der Waals surface area contributed by atoms with Crippen LogP contribution in [-0.4, -0.2) is 34.3 Å². The maximum atomic E-state index is 9.47. The number of aryl methyl sites for hydroxylation is 1. The Hall–Kier alpha value is -3.20. The summed E-state index contributed by atoms with van der Waals surface area (Å²) in [5, 5.41) is 9.47. The van der Waals surface area contributed by atoms with Gasteiger partial charge in [-0.05, 0) is 36.4 Å². The number of nitrogens with zero attached hydrogens (tertiary/aromatic N) is 6. The molecule has 2 heterocycles.